The van der Waals surface area contributed by atoms with E-state index < -0.39 is 11.8 Å². The summed E-state index contributed by atoms with van der Waals surface area (Å²) in [6.45, 7) is 1.53. The zero-order valence-corrected chi connectivity index (χ0v) is 21.2. The van der Waals surface area contributed by atoms with Crippen LogP contribution in [0.2, 0.25) is 0 Å². The molecular formula is C31H22N2O4S. The maximum Gasteiger partial charge on any atom is 0.270 e. The molecular weight excluding hydrogens is 496 g/mol. The van der Waals surface area contributed by atoms with Gasteiger partial charge in [-0.3, -0.25) is 24.6 Å². The van der Waals surface area contributed by atoms with Crippen molar-refractivity contribution < 1.29 is 19.1 Å². The minimum Gasteiger partial charge on any atom is -0.457 e. The van der Waals surface area contributed by atoms with Crippen LogP contribution in [0, 0.1) is 0 Å². The highest BCUT2D eigenvalue weighted by atomic mass is 32.1. The van der Waals surface area contributed by atoms with Crippen LogP contribution in [0.5, 0.6) is 11.5 Å². The summed E-state index contributed by atoms with van der Waals surface area (Å²) in [5, 5.41) is 2.61. The predicted octanol–water partition coefficient (Wildman–Crippen LogP) is 6.18. The molecule has 1 aliphatic rings. The lowest BCUT2D eigenvalue weighted by molar-refractivity contribution is -0.122. The number of carbonyl (C=O) groups is 3. The van der Waals surface area contributed by atoms with Crippen molar-refractivity contribution in [1.82, 2.24) is 5.32 Å². The molecule has 0 aliphatic carbocycles. The zero-order chi connectivity index (χ0) is 26.6. The SMILES string of the molecule is CC(=O)c1cccc(-c2ccc(C=C3C(=O)NC(=S)N(c4ccc(Oc5ccccc5)cc4)C3=O)cc2)c1. The summed E-state index contributed by atoms with van der Waals surface area (Å²) in [6.07, 6.45) is 1.54. The number of nitrogens with one attached hydrogen (secondary N) is 1. The largest absolute Gasteiger partial charge is 0.457 e. The monoisotopic (exact) mass is 518 g/mol. The zero-order valence-electron chi connectivity index (χ0n) is 20.4. The van der Waals surface area contributed by atoms with Gasteiger partial charge >= 0.3 is 0 Å². The van der Waals surface area contributed by atoms with Crippen molar-refractivity contribution in [2.24, 2.45) is 0 Å². The number of thiocarbonyl (C=S) groups is 1. The number of para-hydroxylation sites is 1. The quantitative estimate of drug-likeness (QED) is 0.143. The Morgan fingerprint density at radius 1 is 0.816 bits per heavy atom. The molecule has 4 aromatic rings. The Morgan fingerprint density at radius 2 is 1.50 bits per heavy atom. The highest BCUT2D eigenvalue weighted by Crippen LogP contribution is 2.28. The highest BCUT2D eigenvalue weighted by molar-refractivity contribution is 7.80. The summed E-state index contributed by atoms with van der Waals surface area (Å²) in [4.78, 5) is 39.0. The van der Waals surface area contributed by atoms with E-state index >= 15 is 0 Å². The molecule has 1 fully saturated rings. The van der Waals surface area contributed by atoms with Crippen molar-refractivity contribution >= 4 is 46.7 Å². The topological polar surface area (TPSA) is 75.7 Å². The van der Waals surface area contributed by atoms with Gasteiger partial charge in [0.05, 0.1) is 5.69 Å². The van der Waals surface area contributed by atoms with Gasteiger partial charge in [-0.05, 0) is 84.4 Å². The number of ether oxygens (including phenoxy) is 1. The molecule has 0 radical (unpaired) electrons. The number of ketones is 1. The van der Waals surface area contributed by atoms with Crippen LogP contribution in [-0.4, -0.2) is 22.7 Å². The van der Waals surface area contributed by atoms with Gasteiger partial charge in [-0.2, -0.15) is 0 Å². The number of hydrogen-bond donors (Lipinski definition) is 1. The van der Waals surface area contributed by atoms with Gasteiger partial charge in [0, 0.05) is 5.56 Å². The first kappa shape index (κ1) is 24.8. The van der Waals surface area contributed by atoms with E-state index in [9.17, 15) is 14.4 Å². The van der Waals surface area contributed by atoms with E-state index in [2.05, 4.69) is 5.32 Å². The number of benzene rings is 4. The molecule has 186 valence electrons. The van der Waals surface area contributed by atoms with Gasteiger partial charge in [0.25, 0.3) is 11.8 Å². The molecule has 0 bridgehead atoms. The van der Waals surface area contributed by atoms with E-state index in [0.29, 0.717) is 28.3 Å². The molecule has 1 saturated heterocycles. The Morgan fingerprint density at radius 3 is 2.18 bits per heavy atom. The summed E-state index contributed by atoms with van der Waals surface area (Å²) < 4.78 is 5.82. The van der Waals surface area contributed by atoms with Gasteiger partial charge in [0.15, 0.2) is 10.9 Å². The third kappa shape index (κ3) is 5.28. The van der Waals surface area contributed by atoms with E-state index in [0.717, 1.165) is 11.1 Å². The van der Waals surface area contributed by atoms with E-state index in [-0.39, 0.29) is 16.5 Å². The molecule has 0 aromatic heterocycles. The van der Waals surface area contributed by atoms with Crippen LogP contribution in [0.25, 0.3) is 17.2 Å². The molecule has 4 aromatic carbocycles. The molecule has 2 amide bonds. The first-order chi connectivity index (χ1) is 18.4. The van der Waals surface area contributed by atoms with Gasteiger partial charge in [-0.15, -0.1) is 0 Å². The molecule has 1 heterocycles. The summed E-state index contributed by atoms with van der Waals surface area (Å²) >= 11 is 5.31. The Hall–Kier alpha value is -4.88. The number of Topliss-reactive ketones (excluding diaryl/α,β-unsaturated/α-hetero) is 1. The average Bonchev–Trinajstić information content (AvgIpc) is 2.93. The average molecular weight is 519 g/mol. The van der Waals surface area contributed by atoms with Gasteiger partial charge in [0.1, 0.15) is 17.1 Å². The fraction of sp³-hybridized carbons (Fsp3) is 0.0323. The number of hydrogen-bond acceptors (Lipinski definition) is 5. The number of anilines is 1. The Bertz CT molecular complexity index is 1580. The molecule has 0 atom stereocenters. The van der Waals surface area contributed by atoms with Gasteiger partial charge < -0.3 is 4.74 Å². The van der Waals surface area contributed by atoms with Crippen molar-refractivity contribution in [3.63, 3.8) is 0 Å². The standard InChI is InChI=1S/C31H22N2O4S/c1-20(34)23-6-5-7-24(19-23)22-12-10-21(11-13-22)18-28-29(35)32-31(38)33(30(28)36)25-14-16-27(17-15-25)37-26-8-3-2-4-9-26/h2-19H,1H3,(H,32,35,38). The van der Waals surface area contributed by atoms with Crippen LogP contribution in [0.3, 0.4) is 0 Å². The fourth-order valence-corrected chi connectivity index (χ4v) is 4.32. The summed E-state index contributed by atoms with van der Waals surface area (Å²) in [5.74, 6) is 0.215. The Labute approximate surface area is 225 Å². The second-order valence-corrected chi connectivity index (χ2v) is 9.01. The first-order valence-electron chi connectivity index (χ1n) is 11.8. The molecule has 1 aliphatic heterocycles. The summed E-state index contributed by atoms with van der Waals surface area (Å²) in [6, 6.07) is 31.0. The fourth-order valence-electron chi connectivity index (χ4n) is 4.04. The lowest BCUT2D eigenvalue weighted by Gasteiger charge is -2.29. The van der Waals surface area contributed by atoms with Crippen molar-refractivity contribution in [3.05, 3.63) is 120 Å². The van der Waals surface area contributed by atoms with E-state index in [1.807, 2.05) is 72.8 Å². The Kier molecular flexibility index (Phi) is 6.93. The van der Waals surface area contributed by atoms with Crippen LogP contribution in [0.4, 0.5) is 5.69 Å². The second kappa shape index (κ2) is 10.6. The number of nitrogens with zero attached hydrogens (tertiary/aromatic N) is 1. The van der Waals surface area contributed by atoms with Crippen molar-refractivity contribution in [2.45, 2.75) is 6.92 Å². The molecule has 38 heavy (non-hydrogen) atoms. The Balaban J connectivity index is 1.37. The van der Waals surface area contributed by atoms with Crippen LogP contribution < -0.4 is 15.0 Å². The second-order valence-electron chi connectivity index (χ2n) is 8.63. The van der Waals surface area contributed by atoms with Crippen LogP contribution in [0.15, 0.2) is 109 Å². The normalized spacial score (nSPS) is 14.4. The van der Waals surface area contributed by atoms with Crippen molar-refractivity contribution in [3.8, 4) is 22.6 Å². The first-order valence-corrected chi connectivity index (χ1v) is 12.3. The maximum absolute atomic E-state index is 13.4. The molecule has 0 saturated carbocycles. The lowest BCUT2D eigenvalue weighted by Crippen LogP contribution is -2.54. The minimum atomic E-state index is -0.557. The molecule has 6 nitrogen and oxygen atoms in total. The van der Waals surface area contributed by atoms with Crippen LogP contribution in [-0.2, 0) is 9.59 Å². The third-order valence-corrected chi connectivity index (χ3v) is 6.28. The van der Waals surface area contributed by atoms with Crippen LogP contribution >= 0.6 is 12.2 Å². The van der Waals surface area contributed by atoms with E-state index in [1.165, 1.54) is 17.9 Å². The van der Waals surface area contributed by atoms with Gasteiger partial charge in [-0.1, -0.05) is 60.7 Å². The van der Waals surface area contributed by atoms with Gasteiger partial charge in [-0.25, -0.2) is 0 Å². The van der Waals surface area contributed by atoms with Crippen LogP contribution in [0.1, 0.15) is 22.8 Å². The highest BCUT2D eigenvalue weighted by Gasteiger charge is 2.34. The van der Waals surface area contributed by atoms with Crippen molar-refractivity contribution in [1.29, 1.82) is 0 Å². The third-order valence-electron chi connectivity index (χ3n) is 6.00. The molecule has 1 N–H and O–H groups in total. The number of carbonyl (C=O) groups excluding carboxylic acids is 3. The smallest absolute Gasteiger partial charge is 0.270 e. The minimum absolute atomic E-state index is 0.00384. The van der Waals surface area contributed by atoms with Gasteiger partial charge in [0.2, 0.25) is 0 Å². The summed E-state index contributed by atoms with van der Waals surface area (Å²) in [7, 11) is 0. The predicted molar refractivity (Wildman–Crippen MR) is 151 cm³/mol. The molecule has 5 rings (SSSR count). The maximum atomic E-state index is 13.4. The number of amides is 2. The molecule has 0 unspecified atom stereocenters. The molecule has 0 spiro atoms. The number of rotatable bonds is 6. The van der Waals surface area contributed by atoms with Crippen molar-refractivity contribution in [2.75, 3.05) is 4.90 Å². The van der Waals surface area contributed by atoms with E-state index in [4.69, 9.17) is 17.0 Å². The van der Waals surface area contributed by atoms with E-state index in [1.54, 1.807) is 30.3 Å². The summed E-state index contributed by atoms with van der Waals surface area (Å²) in [5.41, 5.74) is 3.60. The lowest BCUT2D eigenvalue weighted by atomic mass is 9.99. The molecule has 7 heteroatoms.